The Morgan fingerprint density at radius 3 is 2.67 bits per heavy atom. The Morgan fingerprint density at radius 2 is 2.00 bits per heavy atom. The molecule has 0 radical (unpaired) electrons. The van der Waals surface area contributed by atoms with Crippen LogP contribution < -0.4 is 4.90 Å². The molecule has 2 aromatic rings. The third-order valence-corrected chi connectivity index (χ3v) is 4.04. The lowest BCUT2D eigenvalue weighted by atomic mass is 10.1. The second-order valence-corrected chi connectivity index (χ2v) is 5.69. The SMILES string of the molecule is OC[C@@H](O)Cn1cnc2c(N3CCC(OC(F)F)CC3)ncnc21. The predicted octanol–water partition coefficient (Wildman–Crippen LogP) is 0.387. The van der Waals surface area contributed by atoms with Crippen molar-refractivity contribution in [2.45, 2.75) is 38.2 Å². The van der Waals surface area contributed by atoms with Crippen LogP contribution in [0.2, 0.25) is 0 Å². The number of ether oxygens (including phenoxy) is 1. The number of hydrogen-bond donors (Lipinski definition) is 2. The molecule has 1 aliphatic heterocycles. The van der Waals surface area contributed by atoms with Gasteiger partial charge in [0.15, 0.2) is 17.0 Å². The van der Waals surface area contributed by atoms with Gasteiger partial charge >= 0.3 is 6.61 Å². The first-order valence-corrected chi connectivity index (χ1v) is 7.71. The third kappa shape index (κ3) is 3.60. The molecule has 132 valence electrons. The maximum Gasteiger partial charge on any atom is 0.345 e. The van der Waals surface area contributed by atoms with Crippen LogP contribution >= 0.6 is 0 Å². The molecule has 0 aromatic carbocycles. The third-order valence-electron chi connectivity index (χ3n) is 4.04. The Bertz CT molecular complexity index is 675. The van der Waals surface area contributed by atoms with Gasteiger partial charge in [0.2, 0.25) is 0 Å². The number of hydrogen-bond acceptors (Lipinski definition) is 7. The lowest BCUT2D eigenvalue weighted by Crippen LogP contribution is -2.38. The molecule has 0 saturated carbocycles. The number of halogens is 2. The van der Waals surface area contributed by atoms with Crippen molar-refractivity contribution in [2.75, 3.05) is 24.6 Å². The average molecular weight is 343 g/mol. The number of piperidine rings is 1. The summed E-state index contributed by atoms with van der Waals surface area (Å²) in [5.74, 6) is 0.632. The fourth-order valence-electron chi connectivity index (χ4n) is 2.87. The smallest absolute Gasteiger partial charge is 0.345 e. The first-order valence-electron chi connectivity index (χ1n) is 7.71. The molecule has 24 heavy (non-hydrogen) atoms. The summed E-state index contributed by atoms with van der Waals surface area (Å²) in [5.41, 5.74) is 1.13. The maximum absolute atomic E-state index is 12.3. The Morgan fingerprint density at radius 1 is 1.25 bits per heavy atom. The Hall–Kier alpha value is -1.91. The highest BCUT2D eigenvalue weighted by molar-refractivity contribution is 5.83. The van der Waals surface area contributed by atoms with Crippen molar-refractivity contribution in [1.82, 2.24) is 19.5 Å². The summed E-state index contributed by atoms with van der Waals surface area (Å²) < 4.78 is 30.8. The minimum absolute atomic E-state index is 0.174. The number of alkyl halides is 2. The quantitative estimate of drug-likeness (QED) is 0.783. The van der Waals surface area contributed by atoms with E-state index in [4.69, 9.17) is 5.11 Å². The van der Waals surface area contributed by atoms with Crippen LogP contribution in [0.5, 0.6) is 0 Å². The minimum atomic E-state index is -2.75. The number of aliphatic hydroxyl groups excluding tert-OH is 2. The van der Waals surface area contributed by atoms with Gasteiger partial charge in [-0.2, -0.15) is 8.78 Å². The second kappa shape index (κ2) is 7.32. The van der Waals surface area contributed by atoms with Gasteiger partial charge in [-0.25, -0.2) is 15.0 Å². The van der Waals surface area contributed by atoms with E-state index in [0.29, 0.717) is 42.9 Å². The fraction of sp³-hybridized carbons (Fsp3) is 0.643. The number of nitrogens with zero attached hydrogens (tertiary/aromatic N) is 5. The van der Waals surface area contributed by atoms with Crippen LogP contribution in [0.15, 0.2) is 12.7 Å². The molecule has 10 heteroatoms. The van der Waals surface area contributed by atoms with E-state index in [1.54, 1.807) is 4.57 Å². The van der Waals surface area contributed by atoms with Crippen molar-refractivity contribution < 1.29 is 23.7 Å². The molecule has 1 fully saturated rings. The summed E-state index contributed by atoms with van der Waals surface area (Å²) in [6, 6.07) is 0. The molecular weight excluding hydrogens is 324 g/mol. The van der Waals surface area contributed by atoms with Crippen LogP contribution in [0.3, 0.4) is 0 Å². The predicted molar refractivity (Wildman–Crippen MR) is 80.7 cm³/mol. The lowest BCUT2D eigenvalue weighted by Gasteiger charge is -2.32. The van der Waals surface area contributed by atoms with Crippen molar-refractivity contribution in [3.63, 3.8) is 0 Å². The summed E-state index contributed by atoms with van der Waals surface area (Å²) >= 11 is 0. The van der Waals surface area contributed by atoms with E-state index in [0.717, 1.165) is 0 Å². The van der Waals surface area contributed by atoms with Crippen molar-refractivity contribution in [1.29, 1.82) is 0 Å². The molecular formula is C14H19F2N5O3. The van der Waals surface area contributed by atoms with Crippen molar-refractivity contribution in [3.8, 4) is 0 Å². The summed E-state index contributed by atoms with van der Waals surface area (Å²) in [5, 5.41) is 18.5. The number of anilines is 1. The van der Waals surface area contributed by atoms with E-state index in [1.165, 1.54) is 12.7 Å². The molecule has 1 aliphatic rings. The molecule has 1 atom stereocenters. The molecule has 0 amide bonds. The average Bonchev–Trinajstić information content (AvgIpc) is 2.98. The molecule has 0 aliphatic carbocycles. The Balaban J connectivity index is 1.76. The second-order valence-electron chi connectivity index (χ2n) is 5.69. The summed E-state index contributed by atoms with van der Waals surface area (Å²) in [6.45, 7) is -1.85. The number of aliphatic hydroxyl groups is 2. The van der Waals surface area contributed by atoms with Crippen LogP contribution in [0, 0.1) is 0 Å². The van der Waals surface area contributed by atoms with Crippen molar-refractivity contribution >= 4 is 17.0 Å². The minimum Gasteiger partial charge on any atom is -0.394 e. The number of aromatic nitrogens is 4. The summed E-state index contributed by atoms with van der Waals surface area (Å²) in [6.07, 6.45) is 2.57. The topological polar surface area (TPSA) is 96.5 Å². The van der Waals surface area contributed by atoms with Gasteiger partial charge in [0.25, 0.3) is 0 Å². The zero-order chi connectivity index (χ0) is 17.1. The molecule has 0 spiro atoms. The summed E-state index contributed by atoms with van der Waals surface area (Å²) in [7, 11) is 0. The van der Waals surface area contributed by atoms with E-state index >= 15 is 0 Å². The van der Waals surface area contributed by atoms with Crippen LogP contribution in [-0.2, 0) is 11.3 Å². The number of fused-ring (bicyclic) bond motifs is 1. The van der Waals surface area contributed by atoms with E-state index in [9.17, 15) is 13.9 Å². The van der Waals surface area contributed by atoms with E-state index in [-0.39, 0.29) is 13.2 Å². The first-order chi connectivity index (χ1) is 11.6. The maximum atomic E-state index is 12.3. The van der Waals surface area contributed by atoms with Gasteiger partial charge in [0, 0.05) is 13.1 Å². The van der Waals surface area contributed by atoms with Gasteiger partial charge in [-0.15, -0.1) is 0 Å². The molecule has 8 nitrogen and oxygen atoms in total. The van der Waals surface area contributed by atoms with Crippen LogP contribution in [-0.4, -0.2) is 68.2 Å². The van der Waals surface area contributed by atoms with Gasteiger partial charge in [0.1, 0.15) is 6.33 Å². The van der Waals surface area contributed by atoms with Gasteiger partial charge in [-0.3, -0.25) is 0 Å². The lowest BCUT2D eigenvalue weighted by molar-refractivity contribution is -0.166. The van der Waals surface area contributed by atoms with Gasteiger partial charge < -0.3 is 24.4 Å². The van der Waals surface area contributed by atoms with Gasteiger partial charge in [0.05, 0.1) is 31.7 Å². The zero-order valence-corrected chi connectivity index (χ0v) is 12.9. The molecule has 0 unspecified atom stereocenters. The molecule has 2 aromatic heterocycles. The van der Waals surface area contributed by atoms with Gasteiger partial charge in [-0.05, 0) is 12.8 Å². The van der Waals surface area contributed by atoms with Crippen molar-refractivity contribution in [3.05, 3.63) is 12.7 Å². The molecule has 3 heterocycles. The summed E-state index contributed by atoms with van der Waals surface area (Å²) in [4.78, 5) is 14.7. The number of imidazole rings is 1. The normalized spacial score (nSPS) is 17.8. The first kappa shape index (κ1) is 16.9. The largest absolute Gasteiger partial charge is 0.394 e. The van der Waals surface area contributed by atoms with Crippen LogP contribution in [0.4, 0.5) is 14.6 Å². The van der Waals surface area contributed by atoms with Gasteiger partial charge in [-0.1, -0.05) is 0 Å². The highest BCUT2D eigenvalue weighted by Crippen LogP contribution is 2.26. The molecule has 3 rings (SSSR count). The van der Waals surface area contributed by atoms with Crippen LogP contribution in [0.1, 0.15) is 12.8 Å². The van der Waals surface area contributed by atoms with E-state index in [2.05, 4.69) is 19.7 Å². The molecule has 1 saturated heterocycles. The Kier molecular flexibility index (Phi) is 5.17. The van der Waals surface area contributed by atoms with Crippen molar-refractivity contribution in [2.24, 2.45) is 0 Å². The zero-order valence-electron chi connectivity index (χ0n) is 12.9. The molecule has 2 N–H and O–H groups in total. The monoisotopic (exact) mass is 343 g/mol. The standard InChI is InChI=1S/C14H19F2N5O3/c15-14(16)24-10-1-3-20(4-2-10)12-11-13(18-7-17-12)21(8-19-11)5-9(23)6-22/h7-10,14,22-23H,1-6H2/t9-/m0/s1. The van der Waals surface area contributed by atoms with E-state index < -0.39 is 18.8 Å². The Labute approximate surface area is 136 Å². The fourth-order valence-corrected chi connectivity index (χ4v) is 2.87. The van der Waals surface area contributed by atoms with Crippen LogP contribution in [0.25, 0.3) is 11.2 Å². The highest BCUT2D eigenvalue weighted by atomic mass is 19.3. The molecule has 0 bridgehead atoms. The number of rotatable bonds is 6. The van der Waals surface area contributed by atoms with E-state index in [1.807, 2.05) is 4.90 Å². The highest BCUT2D eigenvalue weighted by Gasteiger charge is 2.25.